The SMILES string of the molecule is CC(OC1CCCCC1I)C1CCC1. The Morgan fingerprint density at radius 1 is 1.07 bits per heavy atom. The highest BCUT2D eigenvalue weighted by Gasteiger charge is 2.30. The first-order valence-electron chi connectivity index (χ1n) is 6.07. The summed E-state index contributed by atoms with van der Waals surface area (Å²) in [5.41, 5.74) is 0. The first-order chi connectivity index (χ1) is 6.77. The van der Waals surface area contributed by atoms with Crippen LogP contribution in [0.15, 0.2) is 0 Å². The fourth-order valence-electron chi connectivity index (χ4n) is 2.50. The van der Waals surface area contributed by atoms with Crippen LogP contribution >= 0.6 is 22.6 Å². The molecule has 0 N–H and O–H groups in total. The third kappa shape index (κ3) is 2.63. The van der Waals surface area contributed by atoms with Gasteiger partial charge in [0.05, 0.1) is 12.2 Å². The van der Waals surface area contributed by atoms with Gasteiger partial charge in [0.2, 0.25) is 0 Å². The lowest BCUT2D eigenvalue weighted by molar-refractivity contribution is -0.0589. The lowest BCUT2D eigenvalue weighted by Crippen LogP contribution is -2.36. The third-order valence-corrected chi connectivity index (χ3v) is 5.25. The van der Waals surface area contributed by atoms with Gasteiger partial charge < -0.3 is 4.74 Å². The predicted molar refractivity (Wildman–Crippen MR) is 68.0 cm³/mol. The van der Waals surface area contributed by atoms with Gasteiger partial charge in [-0.1, -0.05) is 41.9 Å². The van der Waals surface area contributed by atoms with E-state index in [4.69, 9.17) is 4.74 Å². The van der Waals surface area contributed by atoms with Crippen molar-refractivity contribution < 1.29 is 4.74 Å². The highest BCUT2D eigenvalue weighted by Crippen LogP contribution is 2.34. The number of hydrogen-bond donors (Lipinski definition) is 0. The van der Waals surface area contributed by atoms with E-state index in [1.165, 1.54) is 44.9 Å². The summed E-state index contributed by atoms with van der Waals surface area (Å²) in [5, 5.41) is 0. The molecular formula is C12H21IO. The van der Waals surface area contributed by atoms with Crippen LogP contribution in [-0.2, 0) is 4.74 Å². The number of ether oxygens (including phenoxy) is 1. The summed E-state index contributed by atoms with van der Waals surface area (Å²) in [7, 11) is 0. The van der Waals surface area contributed by atoms with Crippen LogP contribution in [0.3, 0.4) is 0 Å². The first-order valence-corrected chi connectivity index (χ1v) is 7.31. The second-order valence-corrected chi connectivity index (χ2v) is 6.47. The van der Waals surface area contributed by atoms with Gasteiger partial charge >= 0.3 is 0 Å². The molecule has 0 spiro atoms. The van der Waals surface area contributed by atoms with Crippen LogP contribution < -0.4 is 0 Å². The highest BCUT2D eigenvalue weighted by atomic mass is 127. The minimum atomic E-state index is 0.518. The Morgan fingerprint density at radius 3 is 2.36 bits per heavy atom. The van der Waals surface area contributed by atoms with Gasteiger partial charge in [0.15, 0.2) is 0 Å². The first kappa shape index (κ1) is 11.2. The summed E-state index contributed by atoms with van der Waals surface area (Å²) in [6.07, 6.45) is 10.8. The Hall–Kier alpha value is 0.690. The molecule has 2 rings (SSSR count). The predicted octanol–water partition coefficient (Wildman–Crippen LogP) is 3.94. The van der Waals surface area contributed by atoms with Crippen LogP contribution in [-0.4, -0.2) is 16.1 Å². The van der Waals surface area contributed by atoms with Gasteiger partial charge in [-0.05, 0) is 38.5 Å². The summed E-state index contributed by atoms with van der Waals surface area (Å²) < 4.78 is 6.97. The van der Waals surface area contributed by atoms with Crippen molar-refractivity contribution in [1.29, 1.82) is 0 Å². The molecule has 3 unspecified atom stereocenters. The fraction of sp³-hybridized carbons (Fsp3) is 1.00. The molecule has 3 atom stereocenters. The summed E-state index contributed by atoms with van der Waals surface area (Å²) in [6, 6.07) is 0. The molecule has 0 heterocycles. The topological polar surface area (TPSA) is 9.23 Å². The van der Waals surface area contributed by atoms with Crippen molar-refractivity contribution in [3.63, 3.8) is 0 Å². The molecule has 2 aliphatic rings. The number of alkyl halides is 1. The molecule has 2 aliphatic carbocycles. The zero-order valence-corrected chi connectivity index (χ0v) is 11.2. The van der Waals surface area contributed by atoms with Gasteiger partial charge in [-0.3, -0.25) is 0 Å². The molecule has 14 heavy (non-hydrogen) atoms. The normalized spacial score (nSPS) is 36.4. The maximum atomic E-state index is 6.20. The molecule has 82 valence electrons. The van der Waals surface area contributed by atoms with E-state index < -0.39 is 0 Å². The minimum absolute atomic E-state index is 0.518. The lowest BCUT2D eigenvalue weighted by atomic mass is 9.81. The molecule has 1 nitrogen and oxygen atoms in total. The molecule has 0 aromatic carbocycles. The molecule has 0 saturated heterocycles. The minimum Gasteiger partial charge on any atom is -0.374 e. The standard InChI is InChI=1S/C12H21IO/c1-9(10-5-4-6-10)14-12-8-3-2-7-11(12)13/h9-12H,2-8H2,1H3. The molecule has 0 aromatic heterocycles. The molecular weight excluding hydrogens is 287 g/mol. The molecule has 0 amide bonds. The smallest absolute Gasteiger partial charge is 0.0696 e. The van der Waals surface area contributed by atoms with E-state index in [1.807, 2.05) is 0 Å². The molecule has 2 saturated carbocycles. The van der Waals surface area contributed by atoms with Gasteiger partial charge in [0.1, 0.15) is 0 Å². The van der Waals surface area contributed by atoms with Gasteiger partial charge in [0, 0.05) is 3.92 Å². The zero-order valence-electron chi connectivity index (χ0n) is 9.05. The van der Waals surface area contributed by atoms with Gasteiger partial charge in [-0.25, -0.2) is 0 Å². The fourth-order valence-corrected chi connectivity index (χ4v) is 3.47. The van der Waals surface area contributed by atoms with E-state index in [0.717, 1.165) is 9.84 Å². The second kappa shape index (κ2) is 5.15. The zero-order chi connectivity index (χ0) is 9.97. The van der Waals surface area contributed by atoms with E-state index >= 15 is 0 Å². The Bertz CT molecular complexity index is 179. The van der Waals surface area contributed by atoms with Gasteiger partial charge in [-0.15, -0.1) is 0 Å². The Balaban J connectivity index is 1.76. The summed E-state index contributed by atoms with van der Waals surface area (Å²) in [6.45, 7) is 2.28. The van der Waals surface area contributed by atoms with Crippen molar-refractivity contribution in [3.05, 3.63) is 0 Å². The van der Waals surface area contributed by atoms with Crippen LogP contribution in [0, 0.1) is 5.92 Å². The quantitative estimate of drug-likeness (QED) is 0.567. The maximum Gasteiger partial charge on any atom is 0.0696 e. The van der Waals surface area contributed by atoms with Crippen LogP contribution in [0.25, 0.3) is 0 Å². The average Bonchev–Trinajstić information content (AvgIpc) is 2.05. The molecule has 0 aliphatic heterocycles. The highest BCUT2D eigenvalue weighted by molar-refractivity contribution is 14.1. The Labute approximate surface area is 101 Å². The number of hydrogen-bond acceptors (Lipinski definition) is 1. The summed E-state index contributed by atoms with van der Waals surface area (Å²) in [4.78, 5) is 0. The van der Waals surface area contributed by atoms with Gasteiger partial charge in [0.25, 0.3) is 0 Å². The van der Waals surface area contributed by atoms with E-state index in [0.29, 0.717) is 12.2 Å². The molecule has 2 heteroatoms. The monoisotopic (exact) mass is 308 g/mol. The maximum absolute atomic E-state index is 6.20. The van der Waals surface area contributed by atoms with Crippen molar-refractivity contribution in [3.8, 4) is 0 Å². The molecule has 0 bridgehead atoms. The molecule has 0 aromatic rings. The Morgan fingerprint density at radius 2 is 1.79 bits per heavy atom. The van der Waals surface area contributed by atoms with Crippen molar-refractivity contribution in [2.24, 2.45) is 5.92 Å². The lowest BCUT2D eigenvalue weighted by Gasteiger charge is -2.36. The number of halogens is 1. The second-order valence-electron chi connectivity index (χ2n) is 4.87. The molecule has 2 fully saturated rings. The van der Waals surface area contributed by atoms with E-state index in [1.54, 1.807) is 0 Å². The van der Waals surface area contributed by atoms with Crippen LogP contribution in [0.4, 0.5) is 0 Å². The average molecular weight is 308 g/mol. The Kier molecular flexibility index (Phi) is 4.11. The number of rotatable bonds is 3. The van der Waals surface area contributed by atoms with E-state index in [2.05, 4.69) is 29.5 Å². The van der Waals surface area contributed by atoms with Crippen molar-refractivity contribution in [2.75, 3.05) is 0 Å². The van der Waals surface area contributed by atoms with Crippen LogP contribution in [0.1, 0.15) is 51.9 Å². The van der Waals surface area contributed by atoms with Crippen molar-refractivity contribution in [2.45, 2.75) is 68.0 Å². The summed E-state index contributed by atoms with van der Waals surface area (Å²) in [5.74, 6) is 0.875. The summed E-state index contributed by atoms with van der Waals surface area (Å²) >= 11 is 2.58. The van der Waals surface area contributed by atoms with Crippen LogP contribution in [0.2, 0.25) is 0 Å². The largest absolute Gasteiger partial charge is 0.374 e. The van der Waals surface area contributed by atoms with Crippen molar-refractivity contribution in [1.82, 2.24) is 0 Å². The molecule has 0 radical (unpaired) electrons. The third-order valence-electron chi connectivity index (χ3n) is 3.83. The van der Waals surface area contributed by atoms with Crippen LogP contribution in [0.5, 0.6) is 0 Å². The van der Waals surface area contributed by atoms with Crippen molar-refractivity contribution >= 4 is 22.6 Å². The van der Waals surface area contributed by atoms with Gasteiger partial charge in [-0.2, -0.15) is 0 Å². The van der Waals surface area contributed by atoms with E-state index in [9.17, 15) is 0 Å². The van der Waals surface area contributed by atoms with E-state index in [-0.39, 0.29) is 0 Å².